The van der Waals surface area contributed by atoms with Gasteiger partial charge in [0.2, 0.25) is 0 Å². The summed E-state index contributed by atoms with van der Waals surface area (Å²) >= 11 is 0. The van der Waals surface area contributed by atoms with Gasteiger partial charge in [-0.25, -0.2) is 0 Å². The Morgan fingerprint density at radius 3 is 1.57 bits per heavy atom. The van der Waals surface area contributed by atoms with Gasteiger partial charge in [-0.3, -0.25) is 0 Å². The molecule has 0 heterocycles. The zero-order valence-corrected chi connectivity index (χ0v) is 34.4. The van der Waals surface area contributed by atoms with E-state index in [2.05, 4.69) is 227 Å². The molecule has 7 aromatic rings. The van der Waals surface area contributed by atoms with Crippen molar-refractivity contribution in [3.63, 3.8) is 0 Å². The highest BCUT2D eigenvalue weighted by Crippen LogP contribution is 2.55. The lowest BCUT2D eigenvalue weighted by molar-refractivity contribution is 0.415. The maximum absolute atomic E-state index is 2.46. The summed E-state index contributed by atoms with van der Waals surface area (Å²) in [6.45, 7) is 14.0. The van der Waals surface area contributed by atoms with Crippen LogP contribution in [0.2, 0.25) is 0 Å². The van der Waals surface area contributed by atoms with Crippen LogP contribution in [0, 0.1) is 19.8 Å². The second-order valence-corrected chi connectivity index (χ2v) is 17.6. The molecule has 2 heteroatoms. The minimum absolute atomic E-state index is 0.0449. The first-order valence-corrected chi connectivity index (χ1v) is 20.8. The number of nitrogens with zero attached hydrogens (tertiary/aromatic N) is 2. The predicted molar refractivity (Wildman–Crippen MR) is 247 cm³/mol. The molecule has 0 bridgehead atoms. The molecule has 284 valence electrons. The zero-order chi connectivity index (χ0) is 39.8. The van der Waals surface area contributed by atoms with Crippen molar-refractivity contribution >= 4 is 39.7 Å². The van der Waals surface area contributed by atoms with Crippen molar-refractivity contribution in [2.24, 2.45) is 5.92 Å². The van der Waals surface area contributed by atoms with Crippen LogP contribution < -0.4 is 9.80 Å². The maximum Gasteiger partial charge on any atom is 0.0470 e. The van der Waals surface area contributed by atoms with Crippen molar-refractivity contribution in [3.05, 3.63) is 209 Å². The Balaban J connectivity index is 1.09. The van der Waals surface area contributed by atoms with Crippen LogP contribution in [0.15, 0.2) is 176 Å². The number of allylic oxidation sites excluding steroid dienone is 4. The van der Waals surface area contributed by atoms with Gasteiger partial charge in [0, 0.05) is 39.5 Å². The summed E-state index contributed by atoms with van der Waals surface area (Å²) in [7, 11) is 0. The summed E-state index contributed by atoms with van der Waals surface area (Å²) in [5.41, 5.74) is 21.4. The third kappa shape index (κ3) is 5.85. The highest BCUT2D eigenvalue weighted by Gasteiger charge is 2.43. The first kappa shape index (κ1) is 36.0. The summed E-state index contributed by atoms with van der Waals surface area (Å²) in [6, 6.07) is 58.8. The van der Waals surface area contributed by atoms with E-state index in [0.29, 0.717) is 5.92 Å². The summed E-state index contributed by atoms with van der Waals surface area (Å²) in [4.78, 5) is 4.87. The second-order valence-electron chi connectivity index (χ2n) is 17.6. The molecule has 1 atom stereocenters. The molecule has 1 unspecified atom stereocenters. The van der Waals surface area contributed by atoms with E-state index >= 15 is 0 Å². The quantitative estimate of drug-likeness (QED) is 0.160. The minimum atomic E-state index is -0.0913. The van der Waals surface area contributed by atoms with Crippen LogP contribution in [0.4, 0.5) is 34.1 Å². The van der Waals surface area contributed by atoms with Gasteiger partial charge < -0.3 is 9.80 Å². The van der Waals surface area contributed by atoms with Crippen molar-refractivity contribution in [1.29, 1.82) is 0 Å². The van der Waals surface area contributed by atoms with Crippen LogP contribution in [0.3, 0.4) is 0 Å². The normalized spacial score (nSPS) is 16.5. The van der Waals surface area contributed by atoms with Gasteiger partial charge in [-0.1, -0.05) is 131 Å². The SMILES string of the molecule is Cc1cc(-c2cc(C)cc(N(c3ccccc3)c3ccc4c(c3)C(C)(C)C3CC=CC=C43)c2)cc(N(c2ccccc2)c2ccc3c(c2)C(C)(C)c2ccccc2-3)c1. The van der Waals surface area contributed by atoms with Gasteiger partial charge in [-0.15, -0.1) is 0 Å². The Labute approximate surface area is 344 Å². The third-order valence-corrected chi connectivity index (χ3v) is 13.1. The van der Waals surface area contributed by atoms with Gasteiger partial charge in [0.25, 0.3) is 0 Å². The van der Waals surface area contributed by atoms with Crippen LogP contribution in [0.25, 0.3) is 27.8 Å². The average Bonchev–Trinajstić information content (AvgIpc) is 3.60. The maximum atomic E-state index is 2.46. The monoisotopic (exact) mass is 750 g/mol. The third-order valence-electron chi connectivity index (χ3n) is 13.1. The number of fused-ring (bicyclic) bond motifs is 6. The Morgan fingerprint density at radius 2 is 0.966 bits per heavy atom. The number of hydrogen-bond acceptors (Lipinski definition) is 2. The van der Waals surface area contributed by atoms with Crippen molar-refractivity contribution in [3.8, 4) is 22.3 Å². The standard InChI is InChI=1S/C56H50N2/c1-37-29-39(33-45(31-37)57(41-17-9-7-10-18-41)43-25-27-49-47-21-13-15-23-51(47)55(3,4)53(49)35-43)40-30-38(2)32-46(34-40)58(42-19-11-8-12-20-42)44-26-28-50-48-22-14-16-24-52(48)56(5,6)54(50)36-44/h7-23,25-36,52H,24H2,1-6H3. The van der Waals surface area contributed by atoms with Crippen molar-refractivity contribution < 1.29 is 0 Å². The molecule has 3 aliphatic carbocycles. The lowest BCUT2D eigenvalue weighted by Gasteiger charge is -2.31. The van der Waals surface area contributed by atoms with Crippen LogP contribution in [-0.2, 0) is 10.8 Å². The Morgan fingerprint density at radius 1 is 0.448 bits per heavy atom. The first-order valence-electron chi connectivity index (χ1n) is 20.8. The van der Waals surface area contributed by atoms with Crippen molar-refractivity contribution in [1.82, 2.24) is 0 Å². The first-order chi connectivity index (χ1) is 28.1. The van der Waals surface area contributed by atoms with Crippen LogP contribution >= 0.6 is 0 Å². The number of aryl methyl sites for hydroxylation is 2. The summed E-state index contributed by atoms with van der Waals surface area (Å²) in [6.07, 6.45) is 7.99. The molecule has 0 fully saturated rings. The molecule has 0 aromatic heterocycles. The van der Waals surface area contributed by atoms with Crippen molar-refractivity contribution in [2.45, 2.75) is 58.8 Å². The van der Waals surface area contributed by atoms with Gasteiger partial charge in [0.15, 0.2) is 0 Å². The van der Waals surface area contributed by atoms with Gasteiger partial charge in [0.05, 0.1) is 0 Å². The molecule has 10 rings (SSSR count). The molecule has 0 spiro atoms. The number of hydrogen-bond donors (Lipinski definition) is 0. The lowest BCUT2D eigenvalue weighted by atomic mass is 9.75. The number of anilines is 6. The molecule has 7 aromatic carbocycles. The molecular formula is C56H50N2. The topological polar surface area (TPSA) is 6.48 Å². The Kier molecular flexibility index (Phi) is 8.46. The second kappa shape index (κ2) is 13.6. The Hall–Kier alpha value is -6.38. The Bertz CT molecular complexity index is 2780. The van der Waals surface area contributed by atoms with E-state index in [4.69, 9.17) is 0 Å². The number of benzene rings is 7. The molecular weight excluding hydrogens is 701 g/mol. The van der Waals surface area contributed by atoms with E-state index in [1.165, 1.54) is 66.9 Å². The molecule has 0 radical (unpaired) electrons. The summed E-state index contributed by atoms with van der Waals surface area (Å²) in [5, 5.41) is 0. The fourth-order valence-corrected chi connectivity index (χ4v) is 10.2. The largest absolute Gasteiger partial charge is 0.310 e. The fourth-order valence-electron chi connectivity index (χ4n) is 10.2. The highest BCUT2D eigenvalue weighted by molar-refractivity contribution is 5.89. The molecule has 0 aliphatic heterocycles. The lowest BCUT2D eigenvalue weighted by Crippen LogP contribution is -2.24. The van der Waals surface area contributed by atoms with E-state index in [1.807, 2.05) is 0 Å². The molecule has 2 nitrogen and oxygen atoms in total. The number of para-hydroxylation sites is 2. The molecule has 3 aliphatic rings. The number of rotatable bonds is 7. The van der Waals surface area contributed by atoms with Gasteiger partial charge in [-0.05, 0) is 166 Å². The van der Waals surface area contributed by atoms with E-state index in [-0.39, 0.29) is 10.8 Å². The van der Waals surface area contributed by atoms with Gasteiger partial charge >= 0.3 is 0 Å². The van der Waals surface area contributed by atoms with Crippen molar-refractivity contribution in [2.75, 3.05) is 9.80 Å². The molecule has 58 heavy (non-hydrogen) atoms. The highest BCUT2D eigenvalue weighted by atomic mass is 15.1. The molecule has 0 amide bonds. The molecule has 0 N–H and O–H groups in total. The van der Waals surface area contributed by atoms with E-state index in [9.17, 15) is 0 Å². The van der Waals surface area contributed by atoms with Crippen LogP contribution in [0.5, 0.6) is 0 Å². The van der Waals surface area contributed by atoms with Crippen LogP contribution in [-0.4, -0.2) is 0 Å². The van der Waals surface area contributed by atoms with E-state index in [1.54, 1.807) is 0 Å². The average molecular weight is 751 g/mol. The van der Waals surface area contributed by atoms with Gasteiger partial charge in [0.1, 0.15) is 0 Å². The predicted octanol–water partition coefficient (Wildman–Crippen LogP) is 15.5. The van der Waals surface area contributed by atoms with E-state index in [0.717, 1.165) is 34.9 Å². The molecule has 0 saturated carbocycles. The van der Waals surface area contributed by atoms with E-state index < -0.39 is 0 Å². The van der Waals surface area contributed by atoms with Crippen LogP contribution in [0.1, 0.15) is 67.5 Å². The molecule has 0 saturated heterocycles. The minimum Gasteiger partial charge on any atom is -0.310 e. The zero-order valence-electron chi connectivity index (χ0n) is 34.4. The smallest absolute Gasteiger partial charge is 0.0470 e. The summed E-state index contributed by atoms with van der Waals surface area (Å²) in [5.74, 6) is 0.504. The fraction of sp³-hybridized carbons (Fsp3) is 0.179. The summed E-state index contributed by atoms with van der Waals surface area (Å²) < 4.78 is 0. The van der Waals surface area contributed by atoms with Gasteiger partial charge in [-0.2, -0.15) is 0 Å².